The van der Waals surface area contributed by atoms with Gasteiger partial charge in [-0.25, -0.2) is 8.42 Å². The molecular weight excluding hydrogens is 570 g/mol. The van der Waals surface area contributed by atoms with Crippen LogP contribution in [-0.4, -0.2) is 43.8 Å². The number of anilines is 1. The van der Waals surface area contributed by atoms with E-state index in [1.807, 2.05) is 45.0 Å². The second kappa shape index (κ2) is 14.2. The molecule has 1 atom stereocenters. The van der Waals surface area contributed by atoms with Crippen LogP contribution in [0.1, 0.15) is 62.1 Å². The van der Waals surface area contributed by atoms with Crippen LogP contribution in [0.5, 0.6) is 0 Å². The molecule has 7 nitrogen and oxygen atoms in total. The SMILES string of the molecule is CC[C@@H](C(=O)NC1CCCCC1)N(Cc1ccc(Cl)cc1)C(=O)CN(c1ccccc1C)S(=O)(=O)c1ccc(C)cc1. The molecule has 1 aliphatic rings. The molecule has 1 aliphatic carbocycles. The molecule has 2 amide bonds. The van der Waals surface area contributed by atoms with Crippen LogP contribution in [0.15, 0.2) is 77.7 Å². The second-order valence-electron chi connectivity index (χ2n) is 11.0. The summed E-state index contributed by atoms with van der Waals surface area (Å²) in [7, 11) is -4.11. The van der Waals surface area contributed by atoms with Crippen molar-refractivity contribution in [2.45, 2.75) is 82.8 Å². The molecule has 1 fully saturated rings. The summed E-state index contributed by atoms with van der Waals surface area (Å²) >= 11 is 6.11. The normalized spacial score (nSPS) is 14.7. The number of aryl methyl sites for hydroxylation is 2. The molecule has 0 radical (unpaired) electrons. The van der Waals surface area contributed by atoms with Crippen LogP contribution in [0, 0.1) is 13.8 Å². The fraction of sp³-hybridized carbons (Fsp3) is 0.394. The number of carbonyl (C=O) groups is 2. The van der Waals surface area contributed by atoms with Crippen molar-refractivity contribution < 1.29 is 18.0 Å². The highest BCUT2D eigenvalue weighted by atomic mass is 35.5. The van der Waals surface area contributed by atoms with Crippen LogP contribution in [0.4, 0.5) is 5.69 Å². The molecule has 42 heavy (non-hydrogen) atoms. The van der Waals surface area contributed by atoms with E-state index in [1.54, 1.807) is 48.5 Å². The Hall–Kier alpha value is -3.36. The number of para-hydroxylation sites is 1. The van der Waals surface area contributed by atoms with Crippen LogP contribution in [0.25, 0.3) is 0 Å². The summed E-state index contributed by atoms with van der Waals surface area (Å²) < 4.78 is 29.3. The fourth-order valence-corrected chi connectivity index (χ4v) is 7.05. The van der Waals surface area contributed by atoms with Gasteiger partial charge in [0.2, 0.25) is 11.8 Å². The van der Waals surface area contributed by atoms with Gasteiger partial charge >= 0.3 is 0 Å². The molecule has 0 bridgehead atoms. The molecule has 3 aromatic rings. The van der Waals surface area contributed by atoms with E-state index in [-0.39, 0.29) is 23.4 Å². The lowest BCUT2D eigenvalue weighted by Gasteiger charge is -2.34. The minimum atomic E-state index is -4.11. The van der Waals surface area contributed by atoms with Crippen LogP contribution in [0.3, 0.4) is 0 Å². The Morgan fingerprint density at radius 3 is 2.19 bits per heavy atom. The number of hydrogen-bond donors (Lipinski definition) is 1. The molecule has 4 rings (SSSR count). The molecular formula is C33H40ClN3O4S. The lowest BCUT2D eigenvalue weighted by Crippen LogP contribution is -2.54. The lowest BCUT2D eigenvalue weighted by molar-refractivity contribution is -0.140. The van der Waals surface area contributed by atoms with Gasteiger partial charge in [0, 0.05) is 17.6 Å². The Morgan fingerprint density at radius 2 is 1.57 bits per heavy atom. The Bertz CT molecular complexity index is 1470. The first-order valence-corrected chi connectivity index (χ1v) is 16.4. The fourth-order valence-electron chi connectivity index (χ4n) is 5.44. The van der Waals surface area contributed by atoms with Crippen LogP contribution >= 0.6 is 11.6 Å². The van der Waals surface area contributed by atoms with E-state index in [2.05, 4.69) is 5.32 Å². The van der Waals surface area contributed by atoms with Crippen molar-refractivity contribution in [3.05, 3.63) is 94.5 Å². The summed E-state index contributed by atoms with van der Waals surface area (Å²) in [5.41, 5.74) is 2.85. The Labute approximate surface area is 254 Å². The predicted octanol–water partition coefficient (Wildman–Crippen LogP) is 6.41. The third-order valence-corrected chi connectivity index (χ3v) is 9.90. The molecule has 1 N–H and O–H groups in total. The van der Waals surface area contributed by atoms with Crippen molar-refractivity contribution >= 4 is 39.1 Å². The monoisotopic (exact) mass is 609 g/mol. The van der Waals surface area contributed by atoms with Gasteiger partial charge in [0.15, 0.2) is 0 Å². The van der Waals surface area contributed by atoms with Crippen molar-refractivity contribution in [3.8, 4) is 0 Å². The second-order valence-corrected chi connectivity index (χ2v) is 13.3. The van der Waals surface area contributed by atoms with Gasteiger partial charge in [0.05, 0.1) is 10.6 Å². The van der Waals surface area contributed by atoms with E-state index in [4.69, 9.17) is 11.6 Å². The van der Waals surface area contributed by atoms with Crippen molar-refractivity contribution in [1.82, 2.24) is 10.2 Å². The van der Waals surface area contributed by atoms with Crippen molar-refractivity contribution in [1.29, 1.82) is 0 Å². The summed E-state index contributed by atoms with van der Waals surface area (Å²) in [6.07, 6.45) is 5.52. The quantitative estimate of drug-likeness (QED) is 0.272. The Morgan fingerprint density at radius 1 is 0.929 bits per heavy atom. The number of halogens is 1. The average Bonchev–Trinajstić information content (AvgIpc) is 2.98. The smallest absolute Gasteiger partial charge is 0.264 e. The number of nitrogens with one attached hydrogen (secondary N) is 1. The number of rotatable bonds is 11. The van der Waals surface area contributed by atoms with Gasteiger partial charge in [0.1, 0.15) is 12.6 Å². The van der Waals surface area contributed by atoms with Gasteiger partial charge in [-0.05, 0) is 74.6 Å². The maximum absolute atomic E-state index is 14.3. The maximum atomic E-state index is 14.3. The molecule has 0 unspecified atom stereocenters. The molecule has 9 heteroatoms. The summed E-state index contributed by atoms with van der Waals surface area (Å²) in [4.78, 5) is 29.5. The van der Waals surface area contributed by atoms with Crippen molar-refractivity contribution in [3.63, 3.8) is 0 Å². The zero-order valence-electron chi connectivity index (χ0n) is 24.6. The minimum absolute atomic E-state index is 0.0816. The van der Waals surface area contributed by atoms with E-state index in [1.165, 1.54) is 4.90 Å². The van der Waals surface area contributed by atoms with E-state index in [0.717, 1.165) is 47.5 Å². The molecule has 0 saturated heterocycles. The van der Waals surface area contributed by atoms with Crippen LogP contribution < -0.4 is 9.62 Å². The highest BCUT2D eigenvalue weighted by Gasteiger charge is 2.34. The van der Waals surface area contributed by atoms with Gasteiger partial charge in [-0.2, -0.15) is 0 Å². The van der Waals surface area contributed by atoms with Gasteiger partial charge in [-0.1, -0.05) is 85.8 Å². The molecule has 224 valence electrons. The highest BCUT2D eigenvalue weighted by molar-refractivity contribution is 7.92. The standard InChI is InChI=1S/C33H40ClN3O4S/c1-4-30(33(39)35-28-11-6-5-7-12-28)36(22-26-16-18-27(34)19-17-26)32(38)23-37(31-13-9-8-10-25(31)3)42(40,41)29-20-14-24(2)15-21-29/h8-10,13-21,28,30H,4-7,11-12,22-23H2,1-3H3,(H,35,39)/t30-/m0/s1. The molecule has 1 saturated carbocycles. The van der Waals surface area contributed by atoms with E-state index >= 15 is 0 Å². The zero-order chi connectivity index (χ0) is 30.3. The van der Waals surface area contributed by atoms with Gasteiger partial charge in [0.25, 0.3) is 10.0 Å². The van der Waals surface area contributed by atoms with Gasteiger partial charge in [-0.15, -0.1) is 0 Å². The zero-order valence-corrected chi connectivity index (χ0v) is 26.1. The first-order chi connectivity index (χ1) is 20.1. The summed E-state index contributed by atoms with van der Waals surface area (Å²) in [5, 5.41) is 3.73. The predicted molar refractivity (Wildman–Crippen MR) is 168 cm³/mol. The van der Waals surface area contributed by atoms with Crippen molar-refractivity contribution in [2.24, 2.45) is 0 Å². The summed E-state index contributed by atoms with van der Waals surface area (Å²) in [6.45, 7) is 5.25. The maximum Gasteiger partial charge on any atom is 0.264 e. The number of hydrogen-bond acceptors (Lipinski definition) is 4. The third-order valence-electron chi connectivity index (χ3n) is 7.88. The van der Waals surface area contributed by atoms with Gasteiger partial charge in [-0.3, -0.25) is 13.9 Å². The van der Waals surface area contributed by atoms with Crippen LogP contribution in [-0.2, 0) is 26.2 Å². The average molecular weight is 610 g/mol. The minimum Gasteiger partial charge on any atom is -0.352 e. The van der Waals surface area contributed by atoms with E-state index in [0.29, 0.717) is 22.7 Å². The largest absolute Gasteiger partial charge is 0.352 e. The number of carbonyl (C=O) groups excluding carboxylic acids is 2. The Balaban J connectivity index is 1.71. The van der Waals surface area contributed by atoms with E-state index < -0.39 is 28.5 Å². The van der Waals surface area contributed by atoms with Gasteiger partial charge < -0.3 is 10.2 Å². The molecule has 0 aromatic heterocycles. The molecule has 3 aromatic carbocycles. The Kier molecular flexibility index (Phi) is 10.7. The topological polar surface area (TPSA) is 86.8 Å². The number of nitrogens with zero attached hydrogens (tertiary/aromatic N) is 2. The first kappa shape index (κ1) is 31.6. The lowest BCUT2D eigenvalue weighted by atomic mass is 9.95. The molecule has 0 spiro atoms. The van der Waals surface area contributed by atoms with Crippen molar-refractivity contribution in [2.75, 3.05) is 10.8 Å². The number of amides is 2. The summed E-state index contributed by atoms with van der Waals surface area (Å²) in [5.74, 6) is -0.676. The van der Waals surface area contributed by atoms with Crippen LogP contribution in [0.2, 0.25) is 5.02 Å². The van der Waals surface area contributed by atoms with E-state index in [9.17, 15) is 18.0 Å². The summed E-state index contributed by atoms with van der Waals surface area (Å²) in [6, 6.07) is 20.1. The number of sulfonamides is 1. The molecule has 0 aliphatic heterocycles. The third kappa shape index (κ3) is 7.72. The number of benzene rings is 3. The first-order valence-electron chi connectivity index (χ1n) is 14.6. The molecule has 0 heterocycles. The highest BCUT2D eigenvalue weighted by Crippen LogP contribution is 2.28.